The van der Waals surface area contributed by atoms with Crippen molar-refractivity contribution in [2.24, 2.45) is 0 Å². The van der Waals surface area contributed by atoms with E-state index in [9.17, 15) is 4.79 Å². The summed E-state index contributed by atoms with van der Waals surface area (Å²) in [6.45, 7) is 2.40. The van der Waals surface area contributed by atoms with Crippen molar-refractivity contribution in [1.82, 2.24) is 0 Å². The summed E-state index contributed by atoms with van der Waals surface area (Å²) in [5.74, 6) is -0.953. The van der Waals surface area contributed by atoms with Gasteiger partial charge in [-0.05, 0) is 24.1 Å². The van der Waals surface area contributed by atoms with Crippen molar-refractivity contribution in [3.63, 3.8) is 0 Å². The van der Waals surface area contributed by atoms with Gasteiger partial charge in [0.1, 0.15) is 0 Å². The zero-order chi connectivity index (χ0) is 11.3. The number of carbonyl (C=O) groups is 1. The molecule has 0 amide bonds. The van der Waals surface area contributed by atoms with E-state index in [0.29, 0.717) is 12.2 Å². The molecule has 1 rings (SSSR count). The van der Waals surface area contributed by atoms with Crippen molar-refractivity contribution < 1.29 is 14.6 Å². The quantitative estimate of drug-likeness (QED) is 0.897. The van der Waals surface area contributed by atoms with E-state index in [1.807, 2.05) is 6.92 Å². The highest BCUT2D eigenvalue weighted by atomic mass is 79.9. The SMILES string of the molecule is CCCOC(C(=O)O)c1ccc(Br)cc1. The average molecular weight is 273 g/mol. The van der Waals surface area contributed by atoms with Crippen LogP contribution >= 0.6 is 15.9 Å². The topological polar surface area (TPSA) is 46.5 Å². The van der Waals surface area contributed by atoms with Gasteiger partial charge in [-0.25, -0.2) is 4.79 Å². The van der Waals surface area contributed by atoms with Crippen LogP contribution in [0.25, 0.3) is 0 Å². The van der Waals surface area contributed by atoms with Crippen molar-refractivity contribution in [3.8, 4) is 0 Å². The number of hydrogen-bond acceptors (Lipinski definition) is 2. The molecule has 1 N–H and O–H groups in total. The molecule has 0 saturated heterocycles. The molecule has 0 radical (unpaired) electrons. The fourth-order valence-corrected chi connectivity index (χ4v) is 1.45. The Bertz CT molecular complexity index is 321. The number of halogens is 1. The summed E-state index contributed by atoms with van der Waals surface area (Å²) in [6, 6.07) is 7.11. The first kappa shape index (κ1) is 12.2. The summed E-state index contributed by atoms with van der Waals surface area (Å²) in [7, 11) is 0. The predicted molar refractivity (Wildman–Crippen MR) is 60.8 cm³/mol. The van der Waals surface area contributed by atoms with Crippen LogP contribution in [0.5, 0.6) is 0 Å². The highest BCUT2D eigenvalue weighted by molar-refractivity contribution is 9.10. The molecule has 0 saturated carbocycles. The fourth-order valence-electron chi connectivity index (χ4n) is 1.18. The molecule has 0 bridgehead atoms. The molecule has 1 atom stereocenters. The van der Waals surface area contributed by atoms with Crippen molar-refractivity contribution in [3.05, 3.63) is 34.3 Å². The summed E-state index contributed by atoms with van der Waals surface area (Å²) >= 11 is 3.30. The van der Waals surface area contributed by atoms with E-state index in [4.69, 9.17) is 9.84 Å². The van der Waals surface area contributed by atoms with Crippen LogP contribution in [0.15, 0.2) is 28.7 Å². The van der Waals surface area contributed by atoms with E-state index >= 15 is 0 Å². The van der Waals surface area contributed by atoms with Crippen LogP contribution in [0.4, 0.5) is 0 Å². The Morgan fingerprint density at radius 3 is 2.53 bits per heavy atom. The Morgan fingerprint density at radius 1 is 1.47 bits per heavy atom. The number of ether oxygens (including phenoxy) is 1. The maximum Gasteiger partial charge on any atom is 0.337 e. The largest absolute Gasteiger partial charge is 0.479 e. The number of benzene rings is 1. The molecule has 0 aliphatic rings. The standard InChI is InChI=1S/C11H13BrO3/c1-2-7-15-10(11(13)14)8-3-5-9(12)6-4-8/h3-6,10H,2,7H2,1H3,(H,13,14). The molecule has 1 aromatic rings. The van der Waals surface area contributed by atoms with Gasteiger partial charge in [-0.3, -0.25) is 0 Å². The summed E-state index contributed by atoms with van der Waals surface area (Å²) in [4.78, 5) is 11.0. The van der Waals surface area contributed by atoms with Gasteiger partial charge in [0, 0.05) is 11.1 Å². The minimum Gasteiger partial charge on any atom is -0.479 e. The van der Waals surface area contributed by atoms with Gasteiger partial charge in [-0.15, -0.1) is 0 Å². The lowest BCUT2D eigenvalue weighted by atomic mass is 10.1. The Kier molecular flexibility index (Phi) is 4.78. The lowest BCUT2D eigenvalue weighted by molar-refractivity contribution is -0.150. The molecule has 0 fully saturated rings. The molecule has 0 aliphatic heterocycles. The fraction of sp³-hybridized carbons (Fsp3) is 0.364. The van der Waals surface area contributed by atoms with Crippen LogP contribution in [0.1, 0.15) is 25.0 Å². The van der Waals surface area contributed by atoms with E-state index in [1.54, 1.807) is 24.3 Å². The molecule has 0 heterocycles. The summed E-state index contributed by atoms with van der Waals surface area (Å²) in [6.07, 6.45) is -0.0571. The number of aliphatic carboxylic acids is 1. The molecule has 82 valence electrons. The van der Waals surface area contributed by atoms with Crippen LogP contribution in [-0.4, -0.2) is 17.7 Å². The second-order valence-corrected chi connectivity index (χ2v) is 4.06. The highest BCUT2D eigenvalue weighted by Crippen LogP contribution is 2.20. The van der Waals surface area contributed by atoms with Crippen molar-refractivity contribution in [2.45, 2.75) is 19.4 Å². The third kappa shape index (κ3) is 3.64. The Labute approximate surface area is 97.2 Å². The van der Waals surface area contributed by atoms with Crippen molar-refractivity contribution in [1.29, 1.82) is 0 Å². The number of hydrogen-bond donors (Lipinski definition) is 1. The molecule has 1 unspecified atom stereocenters. The van der Waals surface area contributed by atoms with Crippen LogP contribution in [0.3, 0.4) is 0 Å². The maximum absolute atomic E-state index is 11.0. The summed E-state index contributed by atoms with van der Waals surface area (Å²) < 4.78 is 6.19. The molecule has 1 aromatic carbocycles. The molecule has 15 heavy (non-hydrogen) atoms. The third-order valence-corrected chi connectivity index (χ3v) is 2.41. The molecule has 0 aromatic heterocycles. The van der Waals surface area contributed by atoms with Gasteiger partial charge in [-0.2, -0.15) is 0 Å². The molecule has 0 aliphatic carbocycles. The third-order valence-electron chi connectivity index (χ3n) is 1.89. The Balaban J connectivity index is 2.79. The summed E-state index contributed by atoms with van der Waals surface area (Å²) in [5, 5.41) is 8.99. The van der Waals surface area contributed by atoms with E-state index in [0.717, 1.165) is 10.9 Å². The Morgan fingerprint density at radius 2 is 2.07 bits per heavy atom. The summed E-state index contributed by atoms with van der Waals surface area (Å²) in [5.41, 5.74) is 0.666. The second-order valence-electron chi connectivity index (χ2n) is 3.14. The van der Waals surface area contributed by atoms with E-state index < -0.39 is 12.1 Å². The van der Waals surface area contributed by atoms with Gasteiger partial charge in [0.15, 0.2) is 6.10 Å². The van der Waals surface area contributed by atoms with E-state index in [1.165, 1.54) is 0 Å². The van der Waals surface area contributed by atoms with Gasteiger partial charge in [0.25, 0.3) is 0 Å². The van der Waals surface area contributed by atoms with Gasteiger partial charge in [0.05, 0.1) is 0 Å². The molecule has 3 nitrogen and oxygen atoms in total. The molecular weight excluding hydrogens is 260 g/mol. The van der Waals surface area contributed by atoms with Crippen LogP contribution in [0, 0.1) is 0 Å². The zero-order valence-electron chi connectivity index (χ0n) is 8.44. The first-order chi connectivity index (χ1) is 7.15. The van der Waals surface area contributed by atoms with Crippen molar-refractivity contribution >= 4 is 21.9 Å². The smallest absolute Gasteiger partial charge is 0.337 e. The number of carboxylic acids is 1. The molecule has 4 heteroatoms. The van der Waals surface area contributed by atoms with Gasteiger partial charge >= 0.3 is 5.97 Å². The zero-order valence-corrected chi connectivity index (χ0v) is 10.0. The lowest BCUT2D eigenvalue weighted by Gasteiger charge is -2.13. The maximum atomic E-state index is 11.0. The van der Waals surface area contributed by atoms with Gasteiger partial charge in [0.2, 0.25) is 0 Å². The number of rotatable bonds is 5. The van der Waals surface area contributed by atoms with E-state index in [-0.39, 0.29) is 0 Å². The minimum atomic E-state index is -0.953. The normalized spacial score (nSPS) is 12.4. The first-order valence-corrected chi connectivity index (χ1v) is 5.54. The van der Waals surface area contributed by atoms with Crippen LogP contribution in [-0.2, 0) is 9.53 Å². The number of carboxylic acid groups (broad SMARTS) is 1. The average Bonchev–Trinajstić information content (AvgIpc) is 2.21. The van der Waals surface area contributed by atoms with Crippen LogP contribution in [0.2, 0.25) is 0 Å². The van der Waals surface area contributed by atoms with Crippen molar-refractivity contribution in [2.75, 3.05) is 6.61 Å². The molecular formula is C11H13BrO3. The molecule has 0 spiro atoms. The first-order valence-electron chi connectivity index (χ1n) is 4.75. The van der Waals surface area contributed by atoms with Gasteiger partial charge in [-0.1, -0.05) is 35.0 Å². The minimum absolute atomic E-state index is 0.451. The van der Waals surface area contributed by atoms with E-state index in [2.05, 4.69) is 15.9 Å². The second kappa shape index (κ2) is 5.88. The monoisotopic (exact) mass is 272 g/mol. The van der Waals surface area contributed by atoms with Gasteiger partial charge < -0.3 is 9.84 Å². The predicted octanol–water partition coefficient (Wildman–Crippen LogP) is 3.00. The lowest BCUT2D eigenvalue weighted by Crippen LogP contribution is -2.15. The highest BCUT2D eigenvalue weighted by Gasteiger charge is 2.19. The Hall–Kier alpha value is -0.870. The van der Waals surface area contributed by atoms with Crippen LogP contribution < -0.4 is 0 Å².